The van der Waals surface area contributed by atoms with Gasteiger partial charge >= 0.3 is 0 Å². The van der Waals surface area contributed by atoms with Crippen molar-refractivity contribution in [3.63, 3.8) is 0 Å². The molecule has 0 spiro atoms. The van der Waals surface area contributed by atoms with Gasteiger partial charge in [0.2, 0.25) is 0 Å². The molecule has 0 heterocycles. The van der Waals surface area contributed by atoms with Crippen LogP contribution >= 0.6 is 10.0 Å². The van der Waals surface area contributed by atoms with Gasteiger partial charge in [-0.15, -0.1) is 0 Å². The average Bonchev–Trinajstić information content (AvgIpc) is 2.95. The van der Waals surface area contributed by atoms with Crippen molar-refractivity contribution in [2.24, 2.45) is 0 Å². The first-order valence-electron chi connectivity index (χ1n) is 12.3. The predicted molar refractivity (Wildman–Crippen MR) is 153 cm³/mol. The number of aldehydes is 1. The van der Waals surface area contributed by atoms with Gasteiger partial charge in [0.15, 0.2) is 0 Å². The number of halogens is 1. The molecule has 0 N–H and O–H groups in total. The van der Waals surface area contributed by atoms with Crippen LogP contribution in [0.5, 0.6) is 5.75 Å². The minimum Gasteiger partial charge on any atom is -0.484 e. The minimum absolute atomic E-state index is 0.242. The van der Waals surface area contributed by atoms with Crippen LogP contribution in [0.15, 0.2) is 102 Å². The summed E-state index contributed by atoms with van der Waals surface area (Å²) < 4.78 is 24.9. The summed E-state index contributed by atoms with van der Waals surface area (Å²) in [4.78, 5) is 12.1. The molecule has 37 heavy (non-hydrogen) atoms. The highest BCUT2D eigenvalue weighted by Gasteiger charge is 2.16. The lowest BCUT2D eigenvalue weighted by Gasteiger charge is -2.31. The van der Waals surface area contributed by atoms with E-state index in [9.17, 15) is 9.18 Å². The molecule has 0 fully saturated rings. The van der Waals surface area contributed by atoms with Crippen LogP contribution in [-0.2, 0) is 18.0 Å². The summed E-state index contributed by atoms with van der Waals surface area (Å²) in [5.41, 5.74) is 4.90. The fourth-order valence-corrected chi connectivity index (χ4v) is 5.04. The number of hydrogen-bond donors (Lipinski definition) is 0. The molecule has 194 valence electrons. The van der Waals surface area contributed by atoms with Crippen LogP contribution in [0.1, 0.15) is 35.3 Å². The van der Waals surface area contributed by atoms with E-state index < -0.39 is 10.0 Å². The molecule has 4 aromatic carbocycles. The molecule has 4 aromatic rings. The molecule has 0 amide bonds. The van der Waals surface area contributed by atoms with Crippen LogP contribution < -0.4 is 4.74 Å². The standard InChI is InChI=1S/C30H29FO3S.C2H6/c1-35(2,30-17-11-27(12-18-30)26-9-3-23(19-32)4-10-26)22-34-29-15-7-25(8-16-29)21-33-20-24-5-13-28(31)14-6-24;1-2/h3-19H,20-22H2,1-2H3;1-2H3. The summed E-state index contributed by atoms with van der Waals surface area (Å²) >= 11 is 0. The van der Waals surface area contributed by atoms with E-state index in [1.54, 1.807) is 12.1 Å². The summed E-state index contributed by atoms with van der Waals surface area (Å²) in [7, 11) is -1.15. The SMILES string of the molecule is CC.CS(C)(COc1ccc(COCc2ccc(F)cc2)cc1)c1ccc(-c2ccc(C=O)cc2)cc1. The van der Waals surface area contributed by atoms with E-state index in [4.69, 9.17) is 9.47 Å². The zero-order valence-electron chi connectivity index (χ0n) is 21.9. The molecule has 0 bridgehead atoms. The Labute approximate surface area is 221 Å². The zero-order valence-corrected chi connectivity index (χ0v) is 22.8. The van der Waals surface area contributed by atoms with Gasteiger partial charge < -0.3 is 9.47 Å². The molecule has 0 unspecified atom stereocenters. The monoisotopic (exact) mass is 518 g/mol. The average molecular weight is 519 g/mol. The highest BCUT2D eigenvalue weighted by molar-refractivity contribution is 8.32. The first kappa shape index (κ1) is 28.2. The van der Waals surface area contributed by atoms with Gasteiger partial charge in [-0.2, -0.15) is 10.0 Å². The Bertz CT molecular complexity index is 1230. The van der Waals surface area contributed by atoms with Crippen molar-refractivity contribution in [3.05, 3.63) is 120 Å². The Morgan fingerprint density at radius 3 is 1.70 bits per heavy atom. The van der Waals surface area contributed by atoms with Gasteiger partial charge in [-0.25, -0.2) is 4.39 Å². The molecule has 0 saturated carbocycles. The zero-order chi connectivity index (χ0) is 26.7. The van der Waals surface area contributed by atoms with E-state index in [1.165, 1.54) is 17.0 Å². The fraction of sp³-hybridized carbons (Fsp3) is 0.219. The Balaban J connectivity index is 0.00000186. The van der Waals surface area contributed by atoms with Gasteiger partial charge in [0.25, 0.3) is 0 Å². The second-order valence-electron chi connectivity index (χ2n) is 8.83. The second kappa shape index (κ2) is 13.8. The first-order valence-corrected chi connectivity index (χ1v) is 15.0. The quantitative estimate of drug-likeness (QED) is 0.197. The Morgan fingerprint density at radius 1 is 0.703 bits per heavy atom. The first-order chi connectivity index (χ1) is 17.9. The Hall–Kier alpha value is -3.41. The smallest absolute Gasteiger partial charge is 0.150 e. The molecule has 3 nitrogen and oxygen atoms in total. The van der Waals surface area contributed by atoms with E-state index >= 15 is 0 Å². The van der Waals surface area contributed by atoms with Crippen LogP contribution in [0.3, 0.4) is 0 Å². The van der Waals surface area contributed by atoms with Gasteiger partial charge in [-0.1, -0.05) is 74.5 Å². The second-order valence-corrected chi connectivity index (χ2v) is 12.6. The van der Waals surface area contributed by atoms with Crippen molar-refractivity contribution < 1.29 is 18.7 Å². The molecule has 0 aromatic heterocycles. The van der Waals surface area contributed by atoms with E-state index in [1.807, 2.05) is 62.4 Å². The number of benzene rings is 4. The van der Waals surface area contributed by atoms with E-state index in [-0.39, 0.29) is 5.82 Å². The Kier molecular flexibility index (Phi) is 10.5. The number of ether oxygens (including phenoxy) is 2. The van der Waals surface area contributed by atoms with Crippen LogP contribution in [0.25, 0.3) is 11.1 Å². The fourth-order valence-electron chi connectivity index (χ4n) is 3.60. The number of carbonyl (C=O) groups excluding carboxylic acids is 1. The van der Waals surface area contributed by atoms with Gasteiger partial charge in [-0.3, -0.25) is 4.79 Å². The maximum absolute atomic E-state index is 13.0. The van der Waals surface area contributed by atoms with Gasteiger partial charge in [0.1, 0.15) is 23.8 Å². The molecular formula is C32H35FO3S. The molecule has 4 rings (SSSR count). The lowest BCUT2D eigenvalue weighted by molar-refractivity contribution is 0.107. The maximum atomic E-state index is 13.0. The lowest BCUT2D eigenvalue weighted by atomic mass is 10.0. The van der Waals surface area contributed by atoms with Crippen molar-refractivity contribution in [2.45, 2.75) is 32.0 Å². The topological polar surface area (TPSA) is 35.5 Å². The third kappa shape index (κ3) is 8.31. The van der Waals surface area contributed by atoms with Crippen molar-refractivity contribution in [3.8, 4) is 16.9 Å². The predicted octanol–water partition coefficient (Wildman–Crippen LogP) is 8.51. The molecule has 0 radical (unpaired) electrons. The van der Waals surface area contributed by atoms with Crippen LogP contribution in [-0.4, -0.2) is 24.7 Å². The summed E-state index contributed by atoms with van der Waals surface area (Å²) in [6.45, 7) is 4.93. The maximum Gasteiger partial charge on any atom is 0.150 e. The number of carbonyl (C=O) groups is 1. The van der Waals surface area contributed by atoms with Crippen LogP contribution in [0, 0.1) is 5.82 Å². The van der Waals surface area contributed by atoms with Crippen molar-refractivity contribution >= 4 is 16.3 Å². The molecule has 0 aliphatic rings. The highest BCUT2D eigenvalue weighted by atomic mass is 32.3. The van der Waals surface area contributed by atoms with E-state index in [2.05, 4.69) is 36.8 Å². The normalized spacial score (nSPS) is 11.3. The summed E-state index contributed by atoms with van der Waals surface area (Å²) in [6.07, 6.45) is 5.35. The summed E-state index contributed by atoms with van der Waals surface area (Å²) in [5, 5.41) is 0. The van der Waals surface area contributed by atoms with Crippen LogP contribution in [0.4, 0.5) is 4.39 Å². The third-order valence-electron chi connectivity index (χ3n) is 5.77. The molecule has 0 aliphatic heterocycles. The minimum atomic E-state index is -1.15. The third-order valence-corrected chi connectivity index (χ3v) is 8.02. The van der Waals surface area contributed by atoms with Crippen molar-refractivity contribution in [1.29, 1.82) is 0 Å². The summed E-state index contributed by atoms with van der Waals surface area (Å²) in [6, 6.07) is 30.5. The largest absolute Gasteiger partial charge is 0.484 e. The van der Waals surface area contributed by atoms with Gasteiger partial charge in [-0.05, 0) is 76.1 Å². The van der Waals surface area contributed by atoms with E-state index in [0.717, 1.165) is 34.3 Å². The van der Waals surface area contributed by atoms with Crippen molar-refractivity contribution in [1.82, 2.24) is 0 Å². The summed E-state index contributed by atoms with van der Waals surface area (Å²) in [5.74, 6) is 1.22. The molecule has 0 saturated heterocycles. The lowest BCUT2D eigenvalue weighted by Crippen LogP contribution is -2.08. The highest BCUT2D eigenvalue weighted by Crippen LogP contribution is 2.49. The molecular weight excluding hydrogens is 483 g/mol. The van der Waals surface area contributed by atoms with Crippen molar-refractivity contribution in [2.75, 3.05) is 18.5 Å². The number of rotatable bonds is 10. The van der Waals surface area contributed by atoms with E-state index in [0.29, 0.717) is 24.7 Å². The number of hydrogen-bond acceptors (Lipinski definition) is 3. The molecule has 0 aliphatic carbocycles. The molecule has 0 atom stereocenters. The van der Waals surface area contributed by atoms with Gasteiger partial charge in [0, 0.05) is 5.56 Å². The van der Waals surface area contributed by atoms with Gasteiger partial charge in [0.05, 0.1) is 13.2 Å². The molecule has 5 heteroatoms. The Morgan fingerprint density at radius 2 is 1.19 bits per heavy atom. The van der Waals surface area contributed by atoms with Crippen LogP contribution in [0.2, 0.25) is 0 Å².